The molecule has 0 bridgehead atoms. The first-order valence-corrected chi connectivity index (χ1v) is 12.1. The zero-order chi connectivity index (χ0) is 25.5. The van der Waals surface area contributed by atoms with Gasteiger partial charge >= 0.3 is 35.7 Å². The third-order valence-corrected chi connectivity index (χ3v) is 7.76. The molecule has 2 atom stereocenters. The van der Waals surface area contributed by atoms with Crippen LogP contribution < -0.4 is 45.7 Å². The number of rotatable bonds is 6. The number of nitrogens with two attached hydrogens (primary N) is 1. The largest absolute Gasteiger partial charge is 1.00 e. The van der Waals surface area contributed by atoms with E-state index in [1.807, 2.05) is 0 Å². The van der Waals surface area contributed by atoms with Gasteiger partial charge in [0.1, 0.15) is 17.1 Å². The number of aliphatic carboxylic acids is 1. The third-order valence-electron chi connectivity index (χ3n) is 4.77. The molecule has 2 aliphatic heterocycles. The summed E-state index contributed by atoms with van der Waals surface area (Å²) in [6.07, 6.45) is -1.06. The maximum absolute atomic E-state index is 12.7. The van der Waals surface area contributed by atoms with Crippen molar-refractivity contribution in [1.29, 1.82) is 0 Å². The molecule has 2 aliphatic rings. The monoisotopic (exact) mass is 568 g/mol. The van der Waals surface area contributed by atoms with Crippen LogP contribution in [0.1, 0.15) is 15.6 Å². The molecule has 0 aliphatic carbocycles. The summed E-state index contributed by atoms with van der Waals surface area (Å²) in [4.78, 5) is 45.2. The Hall–Kier alpha value is -2.44. The van der Waals surface area contributed by atoms with Gasteiger partial charge in [0.05, 0.1) is 11.7 Å². The van der Waals surface area contributed by atoms with Crippen molar-refractivity contribution in [2.75, 3.05) is 11.5 Å². The fourth-order valence-corrected chi connectivity index (χ4v) is 5.81. The number of thioether (sulfide) groups is 1. The molecule has 184 valence electrons. The molecule has 4 rings (SSSR count). The van der Waals surface area contributed by atoms with E-state index in [4.69, 9.17) is 5.73 Å². The molecule has 2 aromatic rings. The number of anilines is 1. The molecule has 4 heterocycles. The van der Waals surface area contributed by atoms with Gasteiger partial charge in [0.2, 0.25) is 0 Å². The van der Waals surface area contributed by atoms with Crippen LogP contribution in [0.25, 0.3) is 6.08 Å². The number of oxime groups is 1. The minimum atomic E-state index is -4.60. The quantitative estimate of drug-likeness (QED) is 0.112. The van der Waals surface area contributed by atoms with Crippen molar-refractivity contribution in [1.82, 2.24) is 20.2 Å². The minimum Gasteiger partial charge on any atom is -0.543 e. The predicted octanol–water partition coefficient (Wildman–Crippen LogP) is -2.50. The van der Waals surface area contributed by atoms with Crippen LogP contribution in [-0.2, 0) is 20.6 Å². The van der Waals surface area contributed by atoms with E-state index in [9.17, 15) is 37.9 Å². The molecule has 11 nitrogen and oxygen atoms in total. The number of nitrogen functional groups attached to an aromatic ring is 1. The number of carbonyl (C=O) groups is 3. The molecular weight excluding hydrogens is 556 g/mol. The van der Waals surface area contributed by atoms with Crippen molar-refractivity contribution in [3.63, 3.8) is 0 Å². The number of nitrogens with zero attached hydrogens (tertiary/aromatic N) is 4. The minimum absolute atomic E-state index is 0. The van der Waals surface area contributed by atoms with Crippen LogP contribution in [0.3, 0.4) is 0 Å². The smallest absolute Gasteiger partial charge is 0.543 e. The molecule has 0 radical (unpaired) electrons. The number of hydrogen-bond acceptors (Lipinski definition) is 12. The second kappa shape index (κ2) is 10.9. The summed E-state index contributed by atoms with van der Waals surface area (Å²) in [6, 6.07) is -1.13. The second-order valence-corrected chi connectivity index (χ2v) is 10.00. The molecule has 1 fully saturated rings. The van der Waals surface area contributed by atoms with Crippen LogP contribution >= 0.6 is 34.4 Å². The van der Waals surface area contributed by atoms with Gasteiger partial charge in [0.25, 0.3) is 11.8 Å². The number of alkyl halides is 3. The summed E-state index contributed by atoms with van der Waals surface area (Å²) < 4.78 is 38.2. The Labute approximate surface area is 234 Å². The normalized spacial score (nSPS) is 20.1. The van der Waals surface area contributed by atoms with Crippen LogP contribution in [0.2, 0.25) is 0 Å². The summed E-state index contributed by atoms with van der Waals surface area (Å²) in [5, 5.41) is 25.9. The molecule has 2 aromatic heterocycles. The number of aromatic nitrogens is 2. The summed E-state index contributed by atoms with van der Waals surface area (Å²) in [5.74, 6) is -3.28. The summed E-state index contributed by atoms with van der Waals surface area (Å²) >= 11 is 2.50. The number of β-lactam (4-membered cyclic amide) rings is 1. The summed E-state index contributed by atoms with van der Waals surface area (Å²) in [5.41, 5.74) is 4.71. The first-order chi connectivity index (χ1) is 16.5. The molecule has 0 spiro atoms. The molecule has 1 saturated heterocycles. The fourth-order valence-electron chi connectivity index (χ4n) is 3.26. The molecule has 0 aromatic carbocycles. The average Bonchev–Trinajstić information content (AvgIpc) is 3.45. The van der Waals surface area contributed by atoms with E-state index < -0.39 is 51.8 Å². The molecular formula is C18H12F3N6NaO5S3. The number of amides is 2. The molecule has 18 heteroatoms. The van der Waals surface area contributed by atoms with Gasteiger partial charge in [-0.1, -0.05) is 11.2 Å². The fraction of sp³-hybridized carbons (Fsp3) is 0.222. The van der Waals surface area contributed by atoms with Crippen LogP contribution in [-0.4, -0.2) is 60.7 Å². The molecule has 1 unspecified atom stereocenters. The maximum atomic E-state index is 12.7. The number of carboxylic acid groups (broad SMARTS) is 1. The van der Waals surface area contributed by atoms with Crippen molar-refractivity contribution in [3.8, 4) is 0 Å². The number of carbonyl (C=O) groups excluding carboxylic acids is 3. The van der Waals surface area contributed by atoms with Gasteiger partial charge in [-0.05, 0) is 11.6 Å². The van der Waals surface area contributed by atoms with Gasteiger partial charge in [-0.3, -0.25) is 14.5 Å². The maximum Gasteiger partial charge on any atom is 1.00 e. The topological polar surface area (TPSA) is 174 Å². The summed E-state index contributed by atoms with van der Waals surface area (Å²) in [6.45, 7) is 0. The standard InChI is InChI=1S/C18H13F3N6O5S3.Na/c19-18(20,21)16-23-3-7(35-16)2-1-6-4-33-14-10(13(29)27(14)11(6)15(30)31)25-12(28)9(26-32)8-5-34-17(22)24-8;/h1-3,5,10,14,32H,4H2,(H2,22,24)(H,25,28)(H,30,31);/q;+1/p-1/t10?,14-;/m0./s1. The first-order valence-electron chi connectivity index (χ1n) is 9.35. The van der Waals surface area contributed by atoms with Crippen LogP contribution in [0.5, 0.6) is 0 Å². The Kier molecular flexibility index (Phi) is 8.51. The number of nitrogens with one attached hydrogen (secondary N) is 1. The number of allylic oxidation sites excluding steroid dienone is 1. The number of halogens is 3. The van der Waals surface area contributed by atoms with E-state index >= 15 is 0 Å². The number of hydrogen-bond donors (Lipinski definition) is 3. The van der Waals surface area contributed by atoms with Crippen molar-refractivity contribution >= 4 is 69.1 Å². The molecule has 2 amide bonds. The van der Waals surface area contributed by atoms with Gasteiger partial charge in [0.15, 0.2) is 15.9 Å². The van der Waals surface area contributed by atoms with Crippen molar-refractivity contribution < 1.29 is 67.4 Å². The Morgan fingerprint density at radius 2 is 2.08 bits per heavy atom. The van der Waals surface area contributed by atoms with Crippen molar-refractivity contribution in [2.45, 2.75) is 17.6 Å². The zero-order valence-corrected chi connectivity index (χ0v) is 22.4. The SMILES string of the molecule is Nc1nc(C(=NO)C(=O)NC2C(=O)N3C(C(=O)[O-])=C(C=Cc4cnc(C(F)(F)F)s4)CS[C@@H]23)cs1.[Na+]. The van der Waals surface area contributed by atoms with Gasteiger partial charge in [0, 0.05) is 22.2 Å². The molecule has 36 heavy (non-hydrogen) atoms. The number of fused-ring (bicyclic) bond motifs is 1. The molecule has 0 saturated carbocycles. The zero-order valence-electron chi connectivity index (χ0n) is 18.0. The van der Waals surface area contributed by atoms with E-state index in [1.165, 1.54) is 17.5 Å². The number of thiazole rings is 2. The summed E-state index contributed by atoms with van der Waals surface area (Å²) in [7, 11) is 0. The van der Waals surface area contributed by atoms with Crippen LogP contribution in [0, 0.1) is 0 Å². The Morgan fingerprint density at radius 1 is 1.36 bits per heavy atom. The van der Waals surface area contributed by atoms with Crippen LogP contribution in [0.4, 0.5) is 18.3 Å². The van der Waals surface area contributed by atoms with Gasteiger partial charge in [-0.25, -0.2) is 9.97 Å². The van der Waals surface area contributed by atoms with E-state index in [2.05, 4.69) is 20.4 Å². The van der Waals surface area contributed by atoms with E-state index in [1.54, 1.807) is 0 Å². The van der Waals surface area contributed by atoms with Crippen molar-refractivity contribution in [3.05, 3.63) is 44.5 Å². The molecule has 4 N–H and O–H groups in total. The average molecular weight is 569 g/mol. The van der Waals surface area contributed by atoms with Crippen molar-refractivity contribution in [2.24, 2.45) is 5.16 Å². The number of carboxylic acids is 1. The Bertz CT molecular complexity index is 1310. The first kappa shape index (κ1) is 28.1. The van der Waals surface area contributed by atoms with Crippen LogP contribution in [0.15, 0.2) is 34.1 Å². The van der Waals surface area contributed by atoms with E-state index in [-0.39, 0.29) is 56.6 Å². The van der Waals surface area contributed by atoms with Gasteiger partial charge < -0.3 is 26.2 Å². The van der Waals surface area contributed by atoms with E-state index in [0.717, 1.165) is 34.2 Å². The Morgan fingerprint density at radius 3 is 2.64 bits per heavy atom. The van der Waals surface area contributed by atoms with Gasteiger partial charge in [-0.2, -0.15) is 13.2 Å². The Balaban J connectivity index is 0.00000361. The second-order valence-electron chi connectivity index (χ2n) is 6.94. The van der Waals surface area contributed by atoms with Gasteiger partial charge in [-0.15, -0.1) is 34.4 Å². The predicted molar refractivity (Wildman–Crippen MR) is 118 cm³/mol. The van der Waals surface area contributed by atoms with E-state index in [0.29, 0.717) is 11.3 Å². The third kappa shape index (κ3) is 5.45.